The smallest absolute Gasteiger partial charge is 0.315 e. The number of rotatable bonds is 19. The molecule has 17 heteroatoms. The fourth-order valence-corrected chi connectivity index (χ4v) is 10.6. The molecule has 2 aliphatic heterocycles. The van der Waals surface area contributed by atoms with Gasteiger partial charge in [0.05, 0.1) is 17.0 Å². The van der Waals surface area contributed by atoms with E-state index in [2.05, 4.69) is 26.0 Å². The number of nitrogens with zero attached hydrogens (tertiary/aromatic N) is 1. The summed E-state index contributed by atoms with van der Waals surface area (Å²) in [6.07, 6.45) is 5.22. The summed E-state index contributed by atoms with van der Waals surface area (Å²) < 4.78 is 52.9. The standard InChI is InChI=1S/C31H46N6O7S4/c1-37(2)25-13-8-11-22-21(25)10-9-15-27(22)48(43,44)36-23(30(39)33-18-19-46-47(3,41)42)12-6-7-17-32-28(38)16-5-4-14-26-29-24(20-45-26)34-31(40)35-29/h8-11,13,15,23-24,26,29,36H,4-7,12,14,16-20H2,1-3H3,(H,32,38)(H,33,39)(H2,34,35,40)/t23?,24-,26-,29-/m0/s1. The van der Waals surface area contributed by atoms with E-state index < -0.39 is 30.8 Å². The number of hydrogen-bond donors (Lipinski definition) is 5. The molecule has 4 rings (SSSR count). The third kappa shape index (κ3) is 10.9. The Bertz CT molecular complexity index is 1670. The van der Waals surface area contributed by atoms with E-state index in [1.807, 2.05) is 42.9 Å². The molecule has 4 amide bonds. The Hall–Kier alpha value is -2.73. The Morgan fingerprint density at radius 2 is 1.73 bits per heavy atom. The molecule has 2 aromatic rings. The molecule has 0 bridgehead atoms. The van der Waals surface area contributed by atoms with Crippen molar-refractivity contribution >= 4 is 75.8 Å². The quantitative estimate of drug-likeness (QED) is 0.0815. The van der Waals surface area contributed by atoms with Crippen LogP contribution in [0.1, 0.15) is 44.9 Å². The van der Waals surface area contributed by atoms with Crippen LogP contribution >= 0.6 is 22.6 Å². The summed E-state index contributed by atoms with van der Waals surface area (Å²) >= 11 is 1.85. The number of carbonyl (C=O) groups excluding carboxylic acids is 3. The van der Waals surface area contributed by atoms with E-state index in [-0.39, 0.29) is 47.6 Å². The summed E-state index contributed by atoms with van der Waals surface area (Å²) in [4.78, 5) is 39.1. The molecular formula is C31H46N6O7S4. The van der Waals surface area contributed by atoms with Gasteiger partial charge in [0.25, 0.3) is 0 Å². The lowest BCUT2D eigenvalue weighted by atomic mass is 10.0. The molecule has 2 heterocycles. The van der Waals surface area contributed by atoms with Crippen LogP contribution in [0.5, 0.6) is 0 Å². The highest BCUT2D eigenvalue weighted by Gasteiger charge is 2.42. The van der Waals surface area contributed by atoms with Crippen LogP contribution < -0.4 is 30.9 Å². The van der Waals surface area contributed by atoms with Crippen molar-refractivity contribution in [2.45, 2.75) is 73.2 Å². The van der Waals surface area contributed by atoms with Gasteiger partial charge in [-0.15, -0.1) is 0 Å². The maximum atomic E-state index is 13.7. The van der Waals surface area contributed by atoms with Crippen LogP contribution in [-0.4, -0.2) is 103 Å². The molecule has 0 aliphatic carbocycles. The first-order chi connectivity index (χ1) is 22.7. The van der Waals surface area contributed by atoms with Gasteiger partial charge in [0.2, 0.25) is 21.8 Å². The Kier molecular flexibility index (Phi) is 13.7. The minimum atomic E-state index is -4.14. The lowest BCUT2D eigenvalue weighted by Crippen LogP contribution is -2.47. The SMILES string of the molecule is CN(C)c1cccc2c(S(=O)(=O)NC(CCCCNC(=O)CCCC[C@@H]3SC[C@@H]4NC(=O)N[C@@H]43)C(=O)NCCSS(C)(=O)=O)cccc12. The van der Waals surface area contributed by atoms with Gasteiger partial charge >= 0.3 is 6.03 Å². The van der Waals surface area contributed by atoms with Crippen LogP contribution in [0.15, 0.2) is 41.3 Å². The van der Waals surface area contributed by atoms with Crippen LogP contribution in [0.25, 0.3) is 10.8 Å². The zero-order chi connectivity index (χ0) is 34.9. The second kappa shape index (κ2) is 17.3. The van der Waals surface area contributed by atoms with Crippen LogP contribution in [-0.2, 0) is 28.5 Å². The number of fused-ring (bicyclic) bond motifs is 2. The highest BCUT2D eigenvalue weighted by Crippen LogP contribution is 2.33. The third-order valence-electron chi connectivity index (χ3n) is 8.27. The number of hydrogen-bond acceptors (Lipinski definition) is 10. The van der Waals surface area contributed by atoms with Gasteiger partial charge in [-0.2, -0.15) is 16.5 Å². The first-order valence-corrected chi connectivity index (χ1v) is 22.0. The molecule has 2 fully saturated rings. The average molecular weight is 743 g/mol. The minimum absolute atomic E-state index is 0.0531. The van der Waals surface area contributed by atoms with Crippen molar-refractivity contribution in [2.24, 2.45) is 0 Å². The molecule has 1 unspecified atom stereocenters. The van der Waals surface area contributed by atoms with Crippen molar-refractivity contribution in [1.29, 1.82) is 0 Å². The molecule has 266 valence electrons. The first kappa shape index (κ1) is 38.1. The van der Waals surface area contributed by atoms with Crippen molar-refractivity contribution in [3.8, 4) is 0 Å². The first-order valence-electron chi connectivity index (χ1n) is 16.0. The van der Waals surface area contributed by atoms with Gasteiger partial charge in [-0.25, -0.2) is 21.6 Å². The lowest BCUT2D eigenvalue weighted by Gasteiger charge is -2.20. The summed E-state index contributed by atoms with van der Waals surface area (Å²) in [6, 6.07) is 9.56. The second-order valence-corrected chi connectivity index (χ2v) is 19.8. The highest BCUT2D eigenvalue weighted by molar-refractivity contribution is 8.71. The fourth-order valence-electron chi connectivity index (χ4n) is 5.94. The van der Waals surface area contributed by atoms with Crippen LogP contribution in [0.4, 0.5) is 10.5 Å². The predicted octanol–water partition coefficient (Wildman–Crippen LogP) is 2.37. The van der Waals surface area contributed by atoms with Crippen LogP contribution in [0, 0.1) is 0 Å². The molecular weight excluding hydrogens is 697 g/mol. The molecule has 0 aromatic heterocycles. The molecule has 0 radical (unpaired) electrons. The molecule has 13 nitrogen and oxygen atoms in total. The number of anilines is 1. The van der Waals surface area contributed by atoms with Crippen LogP contribution in [0.2, 0.25) is 0 Å². The van der Waals surface area contributed by atoms with Gasteiger partial charge in [0.1, 0.15) is 6.04 Å². The number of thioether (sulfide) groups is 1. The molecule has 48 heavy (non-hydrogen) atoms. The number of nitrogens with one attached hydrogen (secondary N) is 5. The van der Waals surface area contributed by atoms with Gasteiger partial charge < -0.3 is 26.2 Å². The van der Waals surface area contributed by atoms with E-state index in [1.54, 1.807) is 18.2 Å². The summed E-state index contributed by atoms with van der Waals surface area (Å²) in [7, 11) is -2.97. The summed E-state index contributed by atoms with van der Waals surface area (Å²) in [6.45, 7) is 0.443. The fraction of sp³-hybridized carbons (Fsp3) is 0.581. The topological polar surface area (TPSA) is 183 Å². The van der Waals surface area contributed by atoms with E-state index in [1.165, 1.54) is 6.07 Å². The molecule has 2 saturated heterocycles. The van der Waals surface area contributed by atoms with E-state index in [9.17, 15) is 31.2 Å². The van der Waals surface area contributed by atoms with Gasteiger partial charge in [-0.3, -0.25) is 9.59 Å². The van der Waals surface area contributed by atoms with Crippen LogP contribution in [0.3, 0.4) is 0 Å². The maximum Gasteiger partial charge on any atom is 0.315 e. The minimum Gasteiger partial charge on any atom is -0.377 e. The lowest BCUT2D eigenvalue weighted by molar-refractivity contribution is -0.123. The Morgan fingerprint density at radius 1 is 0.979 bits per heavy atom. The van der Waals surface area contributed by atoms with Gasteiger partial charge in [0, 0.05) is 73.1 Å². The number of carbonyl (C=O) groups is 3. The number of urea groups is 1. The predicted molar refractivity (Wildman–Crippen MR) is 194 cm³/mol. The Labute approximate surface area is 291 Å². The van der Waals surface area contributed by atoms with Crippen molar-refractivity contribution in [1.82, 2.24) is 26.0 Å². The highest BCUT2D eigenvalue weighted by atomic mass is 33.1. The zero-order valence-corrected chi connectivity index (χ0v) is 30.8. The maximum absolute atomic E-state index is 13.7. The summed E-state index contributed by atoms with van der Waals surface area (Å²) in [5, 5.41) is 13.1. The molecule has 4 atom stereocenters. The van der Waals surface area contributed by atoms with Crippen molar-refractivity contribution < 1.29 is 31.2 Å². The number of sulfonamides is 1. The third-order valence-corrected chi connectivity index (χ3v) is 13.9. The van der Waals surface area contributed by atoms with Crippen molar-refractivity contribution in [2.75, 3.05) is 49.8 Å². The molecule has 0 spiro atoms. The Balaban J connectivity index is 1.28. The van der Waals surface area contributed by atoms with E-state index in [0.29, 0.717) is 47.2 Å². The van der Waals surface area contributed by atoms with E-state index >= 15 is 0 Å². The van der Waals surface area contributed by atoms with Gasteiger partial charge in [-0.1, -0.05) is 30.7 Å². The van der Waals surface area contributed by atoms with Gasteiger partial charge in [0.15, 0.2) is 8.87 Å². The average Bonchev–Trinajstić information content (AvgIpc) is 3.58. The molecule has 0 saturated carbocycles. The van der Waals surface area contributed by atoms with Crippen molar-refractivity contribution in [3.63, 3.8) is 0 Å². The van der Waals surface area contributed by atoms with E-state index in [0.717, 1.165) is 42.3 Å². The van der Waals surface area contributed by atoms with E-state index in [4.69, 9.17) is 0 Å². The largest absolute Gasteiger partial charge is 0.377 e. The summed E-state index contributed by atoms with van der Waals surface area (Å²) in [5.74, 6) is 0.419. The summed E-state index contributed by atoms with van der Waals surface area (Å²) in [5.41, 5.74) is 0.854. The number of benzene rings is 2. The Morgan fingerprint density at radius 3 is 2.48 bits per heavy atom. The number of amides is 4. The monoisotopic (exact) mass is 742 g/mol. The number of unbranched alkanes of at least 4 members (excludes halogenated alkanes) is 2. The normalized spacial score (nSPS) is 19.7. The molecule has 2 aromatic carbocycles. The van der Waals surface area contributed by atoms with Gasteiger partial charge in [-0.05, 0) is 55.0 Å². The molecule has 2 aliphatic rings. The van der Waals surface area contributed by atoms with Crippen molar-refractivity contribution in [3.05, 3.63) is 36.4 Å². The second-order valence-electron chi connectivity index (χ2n) is 12.2. The molecule has 5 N–H and O–H groups in total. The zero-order valence-electron chi connectivity index (χ0n) is 27.5.